The molecular formula is C13H19BrN2O. The van der Waals surface area contributed by atoms with Crippen molar-refractivity contribution >= 4 is 21.6 Å². The number of morpholine rings is 1. The van der Waals surface area contributed by atoms with Crippen LogP contribution >= 0.6 is 15.9 Å². The molecule has 1 aliphatic heterocycles. The molecule has 1 heterocycles. The maximum atomic E-state index is 5.49. The summed E-state index contributed by atoms with van der Waals surface area (Å²) in [4.78, 5) is 2.43. The normalized spacial score (nSPS) is 20.6. The van der Waals surface area contributed by atoms with Gasteiger partial charge in [0.1, 0.15) is 0 Å². The fraction of sp³-hybridized carbons (Fsp3) is 0.538. The van der Waals surface area contributed by atoms with Gasteiger partial charge in [0.2, 0.25) is 0 Å². The van der Waals surface area contributed by atoms with Crippen molar-refractivity contribution in [3.05, 3.63) is 28.2 Å². The van der Waals surface area contributed by atoms with E-state index >= 15 is 0 Å². The summed E-state index contributed by atoms with van der Waals surface area (Å²) in [5, 5.41) is 3.23. The van der Waals surface area contributed by atoms with Crippen LogP contribution in [0.4, 0.5) is 5.69 Å². The van der Waals surface area contributed by atoms with Gasteiger partial charge in [-0.1, -0.05) is 15.9 Å². The third-order valence-electron chi connectivity index (χ3n) is 3.09. The van der Waals surface area contributed by atoms with Gasteiger partial charge in [-0.05, 0) is 37.7 Å². The van der Waals surface area contributed by atoms with E-state index in [-0.39, 0.29) is 0 Å². The van der Waals surface area contributed by atoms with Crippen LogP contribution in [0.15, 0.2) is 22.7 Å². The molecule has 94 valence electrons. The van der Waals surface area contributed by atoms with Gasteiger partial charge < -0.3 is 15.0 Å². The van der Waals surface area contributed by atoms with E-state index in [1.165, 1.54) is 11.3 Å². The van der Waals surface area contributed by atoms with Crippen LogP contribution in [-0.4, -0.2) is 32.8 Å². The molecule has 4 heteroatoms. The molecule has 1 N–H and O–H groups in total. The Morgan fingerprint density at radius 1 is 1.53 bits per heavy atom. The minimum Gasteiger partial charge on any atom is -0.377 e. The Kier molecular flexibility index (Phi) is 4.42. The predicted molar refractivity (Wildman–Crippen MR) is 74.5 cm³/mol. The van der Waals surface area contributed by atoms with Gasteiger partial charge in [-0.25, -0.2) is 0 Å². The molecule has 1 aromatic rings. The average Bonchev–Trinajstić information content (AvgIpc) is 2.31. The largest absolute Gasteiger partial charge is 0.377 e. The van der Waals surface area contributed by atoms with Crippen molar-refractivity contribution in [3.63, 3.8) is 0 Å². The van der Waals surface area contributed by atoms with E-state index in [2.05, 4.69) is 51.3 Å². The van der Waals surface area contributed by atoms with Crippen LogP contribution < -0.4 is 10.2 Å². The first kappa shape index (κ1) is 12.9. The molecule has 0 radical (unpaired) electrons. The highest BCUT2D eigenvalue weighted by molar-refractivity contribution is 9.10. The first-order valence-electron chi connectivity index (χ1n) is 6.00. The van der Waals surface area contributed by atoms with Crippen molar-refractivity contribution in [3.8, 4) is 0 Å². The van der Waals surface area contributed by atoms with Crippen molar-refractivity contribution in [2.45, 2.75) is 19.5 Å². The maximum absolute atomic E-state index is 5.49. The van der Waals surface area contributed by atoms with Crippen LogP contribution in [0.2, 0.25) is 0 Å². The number of nitrogens with zero attached hydrogens (tertiary/aromatic N) is 1. The monoisotopic (exact) mass is 298 g/mol. The molecule has 2 rings (SSSR count). The summed E-state index contributed by atoms with van der Waals surface area (Å²) in [6.45, 7) is 5.71. The summed E-state index contributed by atoms with van der Waals surface area (Å²) >= 11 is 3.53. The minimum atomic E-state index is 0.445. The van der Waals surface area contributed by atoms with Gasteiger partial charge in [-0.15, -0.1) is 0 Å². The maximum Gasteiger partial charge on any atom is 0.0668 e. The third-order valence-corrected chi connectivity index (χ3v) is 3.58. The van der Waals surface area contributed by atoms with Crippen LogP contribution in [-0.2, 0) is 11.3 Å². The lowest BCUT2D eigenvalue weighted by Gasteiger charge is -2.36. The zero-order chi connectivity index (χ0) is 12.3. The van der Waals surface area contributed by atoms with E-state index in [9.17, 15) is 0 Å². The summed E-state index contributed by atoms with van der Waals surface area (Å²) in [5.74, 6) is 0. The fourth-order valence-electron chi connectivity index (χ4n) is 2.25. The Morgan fingerprint density at radius 2 is 2.35 bits per heavy atom. The number of benzene rings is 1. The number of halogens is 1. The fourth-order valence-corrected chi connectivity index (χ4v) is 2.66. The molecule has 0 bridgehead atoms. The molecule has 1 saturated heterocycles. The predicted octanol–water partition coefficient (Wildman–Crippen LogP) is 2.39. The van der Waals surface area contributed by atoms with Crippen molar-refractivity contribution in [2.75, 3.05) is 31.7 Å². The number of anilines is 1. The Balaban J connectivity index is 2.29. The van der Waals surface area contributed by atoms with Gasteiger partial charge >= 0.3 is 0 Å². The van der Waals surface area contributed by atoms with E-state index in [4.69, 9.17) is 4.74 Å². The van der Waals surface area contributed by atoms with Crippen molar-refractivity contribution < 1.29 is 4.74 Å². The summed E-state index contributed by atoms with van der Waals surface area (Å²) < 4.78 is 6.62. The molecule has 3 nitrogen and oxygen atoms in total. The lowest BCUT2D eigenvalue weighted by atomic mass is 10.1. The lowest BCUT2D eigenvalue weighted by molar-refractivity contribution is 0.0988. The molecule has 0 spiro atoms. The molecule has 1 atom stereocenters. The van der Waals surface area contributed by atoms with E-state index < -0.39 is 0 Å². The van der Waals surface area contributed by atoms with Crippen LogP contribution in [0, 0.1) is 0 Å². The third kappa shape index (κ3) is 3.00. The van der Waals surface area contributed by atoms with E-state index in [0.29, 0.717) is 6.04 Å². The van der Waals surface area contributed by atoms with Crippen LogP contribution in [0.25, 0.3) is 0 Å². The van der Waals surface area contributed by atoms with Crippen LogP contribution in [0.1, 0.15) is 12.5 Å². The molecule has 1 aliphatic rings. The zero-order valence-electron chi connectivity index (χ0n) is 10.4. The number of nitrogens with one attached hydrogen (secondary N) is 1. The molecule has 0 aromatic heterocycles. The Labute approximate surface area is 111 Å². The summed E-state index contributed by atoms with van der Waals surface area (Å²) in [7, 11) is 1.98. The average molecular weight is 299 g/mol. The second-order valence-electron chi connectivity index (χ2n) is 4.42. The molecule has 1 fully saturated rings. The van der Waals surface area contributed by atoms with Crippen molar-refractivity contribution in [2.24, 2.45) is 0 Å². The van der Waals surface area contributed by atoms with Gasteiger partial charge in [0.15, 0.2) is 0 Å². The molecular weight excluding hydrogens is 280 g/mol. The van der Waals surface area contributed by atoms with Crippen LogP contribution in [0.3, 0.4) is 0 Å². The van der Waals surface area contributed by atoms with Crippen molar-refractivity contribution in [1.82, 2.24) is 5.32 Å². The highest BCUT2D eigenvalue weighted by Gasteiger charge is 2.21. The summed E-state index contributed by atoms with van der Waals surface area (Å²) in [6, 6.07) is 6.93. The zero-order valence-corrected chi connectivity index (χ0v) is 12.0. The molecule has 0 aliphatic carbocycles. The van der Waals surface area contributed by atoms with Crippen molar-refractivity contribution in [1.29, 1.82) is 0 Å². The number of hydrogen-bond acceptors (Lipinski definition) is 3. The highest BCUT2D eigenvalue weighted by Crippen LogP contribution is 2.27. The van der Waals surface area contributed by atoms with Gasteiger partial charge in [0.25, 0.3) is 0 Å². The van der Waals surface area contributed by atoms with E-state index in [0.717, 1.165) is 30.8 Å². The summed E-state index contributed by atoms with van der Waals surface area (Å²) in [6.07, 6.45) is 0. The van der Waals surface area contributed by atoms with Gasteiger partial charge in [0, 0.05) is 29.3 Å². The van der Waals surface area contributed by atoms with Gasteiger partial charge in [-0.3, -0.25) is 0 Å². The number of rotatable bonds is 3. The number of ether oxygens (including phenoxy) is 1. The molecule has 1 unspecified atom stereocenters. The van der Waals surface area contributed by atoms with Gasteiger partial charge in [0.05, 0.1) is 13.2 Å². The van der Waals surface area contributed by atoms with Crippen LogP contribution in [0.5, 0.6) is 0 Å². The first-order chi connectivity index (χ1) is 8.22. The topological polar surface area (TPSA) is 24.5 Å². The van der Waals surface area contributed by atoms with Gasteiger partial charge in [-0.2, -0.15) is 0 Å². The standard InChI is InChI=1S/C13H19BrN2O/c1-10-9-17-6-5-16(10)13-4-3-12(14)7-11(13)8-15-2/h3-4,7,10,15H,5-6,8-9H2,1-2H3. The lowest BCUT2D eigenvalue weighted by Crippen LogP contribution is -2.44. The molecule has 0 amide bonds. The first-order valence-corrected chi connectivity index (χ1v) is 6.79. The number of hydrogen-bond donors (Lipinski definition) is 1. The van der Waals surface area contributed by atoms with E-state index in [1.807, 2.05) is 7.05 Å². The quantitative estimate of drug-likeness (QED) is 0.927. The molecule has 1 aromatic carbocycles. The minimum absolute atomic E-state index is 0.445. The smallest absolute Gasteiger partial charge is 0.0668 e. The second-order valence-corrected chi connectivity index (χ2v) is 5.34. The second kappa shape index (κ2) is 5.85. The Morgan fingerprint density at radius 3 is 3.06 bits per heavy atom. The molecule has 0 saturated carbocycles. The SMILES string of the molecule is CNCc1cc(Br)ccc1N1CCOCC1C. The summed E-state index contributed by atoms with van der Waals surface area (Å²) in [5.41, 5.74) is 2.65. The Bertz CT molecular complexity index is 384. The Hall–Kier alpha value is -0.580. The molecule has 17 heavy (non-hydrogen) atoms. The van der Waals surface area contributed by atoms with E-state index in [1.54, 1.807) is 0 Å². The highest BCUT2D eigenvalue weighted by atomic mass is 79.9.